The Labute approximate surface area is 137 Å². The quantitative estimate of drug-likeness (QED) is 0.508. The molecule has 0 amide bonds. The van der Waals surface area contributed by atoms with E-state index in [0.29, 0.717) is 10.8 Å². The molecule has 0 heterocycles. The van der Waals surface area contributed by atoms with Crippen molar-refractivity contribution in [2.45, 2.75) is 78.1 Å². The van der Waals surface area contributed by atoms with E-state index in [0.717, 1.165) is 23.7 Å². The van der Waals surface area contributed by atoms with Crippen LogP contribution in [0.4, 0.5) is 0 Å². The lowest BCUT2D eigenvalue weighted by molar-refractivity contribution is -0.0286. The van der Waals surface area contributed by atoms with Crippen LogP contribution in [0.2, 0.25) is 0 Å². The molecule has 3 fully saturated rings. The van der Waals surface area contributed by atoms with Crippen molar-refractivity contribution >= 4 is 0 Å². The van der Waals surface area contributed by atoms with Crippen LogP contribution in [0.25, 0.3) is 0 Å². The van der Waals surface area contributed by atoms with Crippen LogP contribution in [0, 0.1) is 34.5 Å². The fourth-order valence-electron chi connectivity index (χ4n) is 7.17. The van der Waals surface area contributed by atoms with Gasteiger partial charge in [-0.25, -0.2) is 0 Å². The van der Waals surface area contributed by atoms with Crippen molar-refractivity contribution in [3.05, 3.63) is 24.3 Å². The van der Waals surface area contributed by atoms with Crippen LogP contribution in [-0.4, -0.2) is 0 Å². The first-order valence-electron chi connectivity index (χ1n) is 9.87. The van der Waals surface area contributed by atoms with Crippen molar-refractivity contribution in [2.24, 2.45) is 34.5 Å². The van der Waals surface area contributed by atoms with Gasteiger partial charge in [0.25, 0.3) is 0 Å². The van der Waals surface area contributed by atoms with Crippen molar-refractivity contribution in [1.82, 2.24) is 0 Å². The average Bonchev–Trinajstić information content (AvgIpc) is 2.89. The zero-order valence-corrected chi connectivity index (χ0v) is 14.7. The molecule has 0 saturated heterocycles. The number of hydrogen-bond acceptors (Lipinski definition) is 0. The van der Waals surface area contributed by atoms with E-state index in [1.165, 1.54) is 64.2 Å². The SMILES string of the molecule is C=CCC1CC[C@@]2(C)C(=CC[C@H]3[C@@H]4CCC[C@@]4(C)CC[C@@H]32)C1. The number of allylic oxidation sites excluding steroid dienone is 3. The summed E-state index contributed by atoms with van der Waals surface area (Å²) >= 11 is 0. The lowest BCUT2D eigenvalue weighted by Gasteiger charge is -2.57. The summed E-state index contributed by atoms with van der Waals surface area (Å²) < 4.78 is 0. The number of hydrogen-bond donors (Lipinski definition) is 0. The zero-order valence-electron chi connectivity index (χ0n) is 14.7. The fraction of sp³-hybridized carbons (Fsp3) is 0.818. The molecule has 0 aromatic carbocycles. The maximum atomic E-state index is 3.97. The zero-order chi connectivity index (χ0) is 15.4. The molecule has 0 aliphatic heterocycles. The van der Waals surface area contributed by atoms with Gasteiger partial charge in [0, 0.05) is 0 Å². The Morgan fingerprint density at radius 1 is 1.14 bits per heavy atom. The number of rotatable bonds is 2. The van der Waals surface area contributed by atoms with E-state index in [4.69, 9.17) is 0 Å². The van der Waals surface area contributed by atoms with Crippen molar-refractivity contribution in [2.75, 3.05) is 0 Å². The molecule has 0 nitrogen and oxygen atoms in total. The Morgan fingerprint density at radius 2 is 2.00 bits per heavy atom. The summed E-state index contributed by atoms with van der Waals surface area (Å²) in [4.78, 5) is 0. The monoisotopic (exact) mass is 298 g/mol. The highest BCUT2D eigenvalue weighted by Crippen LogP contribution is 2.65. The van der Waals surface area contributed by atoms with E-state index < -0.39 is 0 Å². The van der Waals surface area contributed by atoms with Crippen LogP contribution >= 0.6 is 0 Å². The normalized spacial score (nSPS) is 50.5. The first-order chi connectivity index (χ1) is 10.6. The van der Waals surface area contributed by atoms with Gasteiger partial charge in [-0.3, -0.25) is 0 Å². The van der Waals surface area contributed by atoms with Gasteiger partial charge in [0.15, 0.2) is 0 Å². The van der Waals surface area contributed by atoms with E-state index in [2.05, 4.69) is 32.6 Å². The minimum atomic E-state index is 0.546. The predicted octanol–water partition coefficient (Wildman–Crippen LogP) is 6.53. The van der Waals surface area contributed by atoms with E-state index in [9.17, 15) is 0 Å². The standard InChI is InChI=1S/C22H34/c1-4-6-16-10-14-22(3)17(15-16)8-9-18-19-7-5-12-21(19,2)13-11-20(18)22/h4,8,16,18-20H,1,5-7,9-15H2,2-3H3/t16?,18-,19-,20-,21-,22-/m0/s1. The summed E-state index contributed by atoms with van der Waals surface area (Å²) in [5.41, 5.74) is 3.08. The van der Waals surface area contributed by atoms with Crippen molar-refractivity contribution in [3.63, 3.8) is 0 Å². The highest BCUT2D eigenvalue weighted by atomic mass is 14.6. The Kier molecular flexibility index (Phi) is 3.59. The molecule has 0 heteroatoms. The van der Waals surface area contributed by atoms with E-state index >= 15 is 0 Å². The van der Waals surface area contributed by atoms with Crippen LogP contribution in [0.3, 0.4) is 0 Å². The van der Waals surface area contributed by atoms with Gasteiger partial charge >= 0.3 is 0 Å². The van der Waals surface area contributed by atoms with Gasteiger partial charge in [0.1, 0.15) is 0 Å². The topological polar surface area (TPSA) is 0 Å². The first kappa shape index (κ1) is 15.0. The van der Waals surface area contributed by atoms with E-state index in [-0.39, 0.29) is 0 Å². The highest BCUT2D eigenvalue weighted by molar-refractivity contribution is 5.25. The Hall–Kier alpha value is -0.520. The van der Waals surface area contributed by atoms with Crippen LogP contribution in [0.5, 0.6) is 0 Å². The summed E-state index contributed by atoms with van der Waals surface area (Å²) in [6, 6.07) is 0. The van der Waals surface area contributed by atoms with Gasteiger partial charge in [0.05, 0.1) is 0 Å². The van der Waals surface area contributed by atoms with Crippen molar-refractivity contribution in [1.29, 1.82) is 0 Å². The molecule has 0 spiro atoms. The minimum Gasteiger partial charge on any atom is -0.103 e. The predicted molar refractivity (Wildman–Crippen MR) is 94.6 cm³/mol. The summed E-state index contributed by atoms with van der Waals surface area (Å²) in [6.07, 6.45) is 19.3. The summed E-state index contributed by atoms with van der Waals surface area (Å²) in [7, 11) is 0. The molecule has 0 aromatic rings. The fourth-order valence-corrected chi connectivity index (χ4v) is 7.17. The minimum absolute atomic E-state index is 0.546. The van der Waals surface area contributed by atoms with Gasteiger partial charge in [-0.05, 0) is 92.3 Å². The van der Waals surface area contributed by atoms with Gasteiger partial charge < -0.3 is 0 Å². The molecule has 3 saturated carbocycles. The molecule has 0 radical (unpaired) electrons. The van der Waals surface area contributed by atoms with Gasteiger partial charge in [-0.2, -0.15) is 0 Å². The molecule has 4 aliphatic carbocycles. The second kappa shape index (κ2) is 5.25. The second-order valence-corrected chi connectivity index (χ2v) is 9.48. The summed E-state index contributed by atoms with van der Waals surface area (Å²) in [6.45, 7) is 9.22. The molecule has 0 bridgehead atoms. The molecular weight excluding hydrogens is 264 g/mol. The smallest absolute Gasteiger partial charge is 0.00851 e. The molecule has 6 atom stereocenters. The molecule has 0 N–H and O–H groups in total. The van der Waals surface area contributed by atoms with Crippen LogP contribution in [0.15, 0.2) is 24.3 Å². The summed E-state index contributed by atoms with van der Waals surface area (Å²) in [5.74, 6) is 3.92. The van der Waals surface area contributed by atoms with Crippen molar-refractivity contribution < 1.29 is 0 Å². The Balaban J connectivity index is 1.61. The molecular formula is C22H34. The third-order valence-corrected chi connectivity index (χ3v) is 8.49. The molecule has 4 aliphatic rings. The third-order valence-electron chi connectivity index (χ3n) is 8.49. The molecule has 4 rings (SSSR count). The Bertz CT molecular complexity index is 486. The number of fused-ring (bicyclic) bond motifs is 5. The van der Waals surface area contributed by atoms with Crippen LogP contribution in [0.1, 0.15) is 78.1 Å². The largest absolute Gasteiger partial charge is 0.103 e. The average molecular weight is 299 g/mol. The summed E-state index contributed by atoms with van der Waals surface area (Å²) in [5, 5.41) is 0. The van der Waals surface area contributed by atoms with Crippen LogP contribution < -0.4 is 0 Å². The molecule has 122 valence electrons. The molecule has 0 aromatic heterocycles. The van der Waals surface area contributed by atoms with Crippen LogP contribution in [-0.2, 0) is 0 Å². The molecule has 1 unspecified atom stereocenters. The second-order valence-electron chi connectivity index (χ2n) is 9.48. The molecule has 22 heavy (non-hydrogen) atoms. The van der Waals surface area contributed by atoms with Gasteiger partial charge in [0.2, 0.25) is 0 Å². The third kappa shape index (κ3) is 2.09. The maximum absolute atomic E-state index is 3.97. The lowest BCUT2D eigenvalue weighted by Crippen LogP contribution is -2.48. The Morgan fingerprint density at radius 3 is 2.82 bits per heavy atom. The van der Waals surface area contributed by atoms with E-state index in [1.54, 1.807) is 0 Å². The lowest BCUT2D eigenvalue weighted by atomic mass is 9.47. The highest BCUT2D eigenvalue weighted by Gasteiger charge is 2.55. The van der Waals surface area contributed by atoms with Crippen molar-refractivity contribution in [3.8, 4) is 0 Å². The first-order valence-corrected chi connectivity index (χ1v) is 9.87. The maximum Gasteiger partial charge on any atom is -0.00851 e. The van der Waals surface area contributed by atoms with E-state index in [1.807, 2.05) is 5.57 Å². The van der Waals surface area contributed by atoms with Gasteiger partial charge in [-0.15, -0.1) is 6.58 Å². The van der Waals surface area contributed by atoms with Gasteiger partial charge in [-0.1, -0.05) is 38.0 Å².